The summed E-state index contributed by atoms with van der Waals surface area (Å²) in [6.45, 7) is 0.967. The van der Waals surface area contributed by atoms with E-state index in [4.69, 9.17) is 17.3 Å². The van der Waals surface area contributed by atoms with Gasteiger partial charge < -0.3 is 10.3 Å². The van der Waals surface area contributed by atoms with Gasteiger partial charge >= 0.3 is 0 Å². The van der Waals surface area contributed by atoms with Gasteiger partial charge in [0.1, 0.15) is 11.6 Å². The van der Waals surface area contributed by atoms with Gasteiger partial charge in [-0.1, -0.05) is 17.7 Å². The number of nitrogens with two attached hydrogens (primary N) is 1. The quantitative estimate of drug-likeness (QED) is 0.892. The molecule has 0 bridgehead atoms. The Bertz CT molecular complexity index is 496. The van der Waals surface area contributed by atoms with Crippen LogP contribution in [0, 0.1) is 5.82 Å². The number of hydrogen-bond acceptors (Lipinski definition) is 2. The van der Waals surface area contributed by atoms with E-state index < -0.39 is 5.82 Å². The second kappa shape index (κ2) is 4.63. The van der Waals surface area contributed by atoms with Crippen LogP contribution in [0.3, 0.4) is 0 Å². The van der Waals surface area contributed by atoms with Crippen molar-refractivity contribution >= 4 is 11.6 Å². The number of aromatic nitrogens is 2. The van der Waals surface area contributed by atoms with Crippen LogP contribution in [0.15, 0.2) is 30.6 Å². The van der Waals surface area contributed by atoms with E-state index in [-0.39, 0.29) is 5.02 Å². The molecule has 16 heavy (non-hydrogen) atoms. The van der Waals surface area contributed by atoms with E-state index in [2.05, 4.69) is 4.98 Å². The van der Waals surface area contributed by atoms with E-state index in [9.17, 15) is 4.39 Å². The molecule has 3 nitrogen and oxygen atoms in total. The van der Waals surface area contributed by atoms with Crippen molar-refractivity contribution < 1.29 is 4.39 Å². The van der Waals surface area contributed by atoms with Crippen molar-refractivity contribution in [3.05, 3.63) is 52.8 Å². The highest BCUT2D eigenvalue weighted by atomic mass is 35.5. The third-order valence-electron chi connectivity index (χ3n) is 2.32. The lowest BCUT2D eigenvalue weighted by Crippen LogP contribution is -2.08. The van der Waals surface area contributed by atoms with Crippen LogP contribution in [0.5, 0.6) is 0 Å². The Hall–Kier alpha value is -1.39. The fourth-order valence-corrected chi connectivity index (χ4v) is 1.71. The van der Waals surface area contributed by atoms with E-state index in [0.717, 1.165) is 11.4 Å². The van der Waals surface area contributed by atoms with Gasteiger partial charge in [0.25, 0.3) is 0 Å². The zero-order valence-electron chi connectivity index (χ0n) is 8.53. The number of imidazole rings is 1. The number of halogens is 2. The van der Waals surface area contributed by atoms with Gasteiger partial charge in [0.2, 0.25) is 0 Å². The lowest BCUT2D eigenvalue weighted by atomic mass is 10.2. The van der Waals surface area contributed by atoms with E-state index in [1.165, 1.54) is 6.07 Å². The fourth-order valence-electron chi connectivity index (χ4n) is 1.51. The molecule has 0 unspecified atom stereocenters. The van der Waals surface area contributed by atoms with Gasteiger partial charge in [-0.15, -0.1) is 0 Å². The van der Waals surface area contributed by atoms with Crippen LogP contribution < -0.4 is 5.73 Å². The first kappa shape index (κ1) is 11.1. The molecule has 5 heteroatoms. The van der Waals surface area contributed by atoms with Crippen molar-refractivity contribution in [3.8, 4) is 0 Å². The third-order valence-corrected chi connectivity index (χ3v) is 2.61. The highest BCUT2D eigenvalue weighted by molar-refractivity contribution is 6.30. The molecule has 0 fully saturated rings. The van der Waals surface area contributed by atoms with E-state index in [0.29, 0.717) is 13.1 Å². The first-order chi connectivity index (χ1) is 7.70. The van der Waals surface area contributed by atoms with Crippen LogP contribution in [-0.2, 0) is 13.1 Å². The average Bonchev–Trinajstić information content (AvgIpc) is 2.71. The summed E-state index contributed by atoms with van der Waals surface area (Å²) in [5.74, 6) is 0.385. The molecule has 0 radical (unpaired) electrons. The third kappa shape index (κ3) is 2.23. The van der Waals surface area contributed by atoms with Crippen LogP contribution >= 0.6 is 11.6 Å². The van der Waals surface area contributed by atoms with Crippen LogP contribution in [0.1, 0.15) is 11.4 Å². The Balaban J connectivity index is 2.24. The minimum absolute atomic E-state index is 0.131. The first-order valence-corrected chi connectivity index (χ1v) is 5.22. The molecule has 0 aliphatic heterocycles. The van der Waals surface area contributed by atoms with Crippen LogP contribution in [0.2, 0.25) is 5.02 Å². The highest BCUT2D eigenvalue weighted by Crippen LogP contribution is 2.17. The maximum atomic E-state index is 13.0. The summed E-state index contributed by atoms with van der Waals surface area (Å²) in [5, 5.41) is 0.131. The van der Waals surface area contributed by atoms with E-state index in [1.54, 1.807) is 18.3 Å². The maximum Gasteiger partial charge on any atom is 0.141 e. The highest BCUT2D eigenvalue weighted by Gasteiger charge is 2.04. The minimum atomic E-state index is -0.407. The molecule has 2 rings (SSSR count). The summed E-state index contributed by atoms with van der Waals surface area (Å²) in [7, 11) is 0. The van der Waals surface area contributed by atoms with Crippen molar-refractivity contribution in [1.29, 1.82) is 0 Å². The van der Waals surface area contributed by atoms with Gasteiger partial charge in [-0.2, -0.15) is 0 Å². The zero-order valence-corrected chi connectivity index (χ0v) is 9.28. The predicted octanol–water partition coefficient (Wildman–Crippen LogP) is 2.18. The fraction of sp³-hybridized carbons (Fsp3) is 0.182. The SMILES string of the molecule is NCc1nccn1Cc1ccc(F)c(Cl)c1. The monoisotopic (exact) mass is 239 g/mol. The van der Waals surface area contributed by atoms with Crippen LogP contribution in [0.25, 0.3) is 0 Å². The van der Waals surface area contributed by atoms with Gasteiger partial charge in [-0.05, 0) is 17.7 Å². The number of rotatable bonds is 3. The summed E-state index contributed by atoms with van der Waals surface area (Å²) in [4.78, 5) is 4.10. The Labute approximate surface area is 97.7 Å². The van der Waals surface area contributed by atoms with Gasteiger partial charge in [-0.3, -0.25) is 0 Å². The standard InChI is InChI=1S/C11H11ClFN3/c12-9-5-8(1-2-10(9)13)7-16-4-3-15-11(16)6-14/h1-5H,6-7,14H2. The molecule has 0 saturated heterocycles. The molecule has 0 spiro atoms. The van der Waals surface area contributed by atoms with Gasteiger partial charge in [0, 0.05) is 18.9 Å². The van der Waals surface area contributed by atoms with Crippen molar-refractivity contribution in [2.45, 2.75) is 13.1 Å². The molecule has 0 saturated carbocycles. The minimum Gasteiger partial charge on any atom is -0.329 e. The van der Waals surface area contributed by atoms with Gasteiger partial charge in [0.05, 0.1) is 11.6 Å². The first-order valence-electron chi connectivity index (χ1n) is 4.84. The molecule has 1 heterocycles. The molecule has 0 amide bonds. The Kier molecular flexibility index (Phi) is 3.22. The largest absolute Gasteiger partial charge is 0.329 e. The lowest BCUT2D eigenvalue weighted by molar-refractivity contribution is 0.626. The Morgan fingerprint density at radius 1 is 1.44 bits per heavy atom. The summed E-state index contributed by atoms with van der Waals surface area (Å²) in [5.41, 5.74) is 6.45. The lowest BCUT2D eigenvalue weighted by Gasteiger charge is -2.07. The maximum absolute atomic E-state index is 13.0. The molecule has 1 aromatic heterocycles. The second-order valence-corrected chi connectivity index (χ2v) is 3.83. The van der Waals surface area contributed by atoms with Gasteiger partial charge in [-0.25, -0.2) is 9.37 Å². The van der Waals surface area contributed by atoms with E-state index >= 15 is 0 Å². The second-order valence-electron chi connectivity index (χ2n) is 3.42. The van der Waals surface area contributed by atoms with Crippen LogP contribution in [0.4, 0.5) is 4.39 Å². The summed E-state index contributed by atoms with van der Waals surface area (Å²) < 4.78 is 14.9. The molecule has 0 aliphatic rings. The summed E-state index contributed by atoms with van der Waals surface area (Å²) >= 11 is 5.70. The number of benzene rings is 1. The zero-order chi connectivity index (χ0) is 11.5. The van der Waals surface area contributed by atoms with Crippen molar-refractivity contribution in [2.24, 2.45) is 5.73 Å². The van der Waals surface area contributed by atoms with E-state index in [1.807, 2.05) is 10.8 Å². The smallest absolute Gasteiger partial charge is 0.141 e. The normalized spacial score (nSPS) is 10.7. The molecule has 0 aliphatic carbocycles. The molecule has 84 valence electrons. The predicted molar refractivity (Wildman–Crippen MR) is 60.6 cm³/mol. The Morgan fingerprint density at radius 3 is 2.94 bits per heavy atom. The number of hydrogen-bond donors (Lipinski definition) is 1. The topological polar surface area (TPSA) is 43.8 Å². The molecule has 0 atom stereocenters. The Morgan fingerprint density at radius 2 is 2.25 bits per heavy atom. The molecule has 2 aromatic rings. The van der Waals surface area contributed by atoms with Crippen molar-refractivity contribution in [2.75, 3.05) is 0 Å². The number of nitrogens with zero attached hydrogens (tertiary/aromatic N) is 2. The van der Waals surface area contributed by atoms with Crippen LogP contribution in [-0.4, -0.2) is 9.55 Å². The van der Waals surface area contributed by atoms with Crippen molar-refractivity contribution in [3.63, 3.8) is 0 Å². The molecular formula is C11H11ClFN3. The van der Waals surface area contributed by atoms with Gasteiger partial charge in [0.15, 0.2) is 0 Å². The molecule has 2 N–H and O–H groups in total. The average molecular weight is 240 g/mol. The van der Waals surface area contributed by atoms with Crippen molar-refractivity contribution in [1.82, 2.24) is 9.55 Å². The summed E-state index contributed by atoms with van der Waals surface area (Å²) in [6.07, 6.45) is 3.52. The molecule has 1 aromatic carbocycles. The summed E-state index contributed by atoms with van der Waals surface area (Å²) in [6, 6.07) is 4.66. The molecular weight excluding hydrogens is 229 g/mol.